The molecule has 0 amide bonds. The standard InChI is InChI=1S/C56H50N4/c1-43-41-53(58(47-25-13-5-14-26-47)48-27-15-6-16-28-48)37-39-55(43)60(52-35-33-51(34-36-52)57(45-21-9-3-10-22-45)46-23-11-4-12-24-46)56-40-38-54(42-44(56)2)59(49-29-17-7-18-30-49)50-31-19-8-20-32-50/h3-41,43-44,55H,42H2,1-2H3. The molecule has 0 bridgehead atoms. The summed E-state index contributed by atoms with van der Waals surface area (Å²) in [5.41, 5.74) is 12.9. The molecule has 0 aliphatic heterocycles. The van der Waals surface area contributed by atoms with E-state index in [1.165, 1.54) is 22.8 Å². The maximum absolute atomic E-state index is 2.59. The normalized spacial score (nSPS) is 17.2. The molecule has 7 aromatic carbocycles. The molecule has 4 nitrogen and oxygen atoms in total. The highest BCUT2D eigenvalue weighted by Crippen LogP contribution is 2.43. The Kier molecular flexibility index (Phi) is 11.3. The van der Waals surface area contributed by atoms with Crippen molar-refractivity contribution >= 4 is 45.5 Å². The van der Waals surface area contributed by atoms with Crippen LogP contribution in [0.3, 0.4) is 0 Å². The third kappa shape index (κ3) is 8.05. The van der Waals surface area contributed by atoms with E-state index >= 15 is 0 Å². The summed E-state index contributed by atoms with van der Waals surface area (Å²) in [6.45, 7) is 4.74. The summed E-state index contributed by atoms with van der Waals surface area (Å²) in [7, 11) is 0. The molecule has 0 saturated carbocycles. The highest BCUT2D eigenvalue weighted by molar-refractivity contribution is 5.78. The van der Waals surface area contributed by atoms with Crippen molar-refractivity contribution in [3.05, 3.63) is 254 Å². The second-order valence-electron chi connectivity index (χ2n) is 15.6. The lowest BCUT2D eigenvalue weighted by Gasteiger charge is -2.43. The number of rotatable bonds is 12. The van der Waals surface area contributed by atoms with E-state index in [2.05, 4.69) is 270 Å². The number of anilines is 8. The minimum atomic E-state index is 0.0790. The number of benzene rings is 7. The SMILES string of the molecule is CC1CC(N(c2ccccc2)c2ccccc2)=CC=C1N(c1ccc(N(c2ccccc2)c2ccccc2)cc1)C1C=CC(N(c2ccccc2)c2ccccc2)=CC1C. The highest BCUT2D eigenvalue weighted by atomic mass is 15.2. The van der Waals surface area contributed by atoms with E-state index in [0.717, 1.165) is 46.2 Å². The van der Waals surface area contributed by atoms with E-state index in [4.69, 9.17) is 0 Å². The number of nitrogens with zero attached hydrogens (tertiary/aromatic N) is 4. The van der Waals surface area contributed by atoms with Gasteiger partial charge in [-0.3, -0.25) is 0 Å². The van der Waals surface area contributed by atoms with E-state index in [-0.39, 0.29) is 17.9 Å². The fourth-order valence-corrected chi connectivity index (χ4v) is 8.68. The zero-order valence-corrected chi connectivity index (χ0v) is 34.2. The molecule has 3 atom stereocenters. The van der Waals surface area contributed by atoms with Gasteiger partial charge in [0.25, 0.3) is 0 Å². The summed E-state index contributed by atoms with van der Waals surface area (Å²) < 4.78 is 0. The Morgan fingerprint density at radius 2 is 0.750 bits per heavy atom. The molecule has 0 aromatic heterocycles. The fraction of sp³-hybridized carbons (Fsp3) is 0.107. The second kappa shape index (κ2) is 17.7. The van der Waals surface area contributed by atoms with Gasteiger partial charge in [0.05, 0.1) is 6.04 Å². The first-order valence-electron chi connectivity index (χ1n) is 21.0. The van der Waals surface area contributed by atoms with E-state index in [1.807, 2.05) is 0 Å². The zero-order valence-electron chi connectivity index (χ0n) is 34.2. The van der Waals surface area contributed by atoms with Crippen LogP contribution in [0.4, 0.5) is 45.5 Å². The van der Waals surface area contributed by atoms with Crippen LogP contribution in [0, 0.1) is 11.8 Å². The summed E-state index contributed by atoms with van der Waals surface area (Å²) in [5, 5.41) is 0. The second-order valence-corrected chi connectivity index (χ2v) is 15.6. The van der Waals surface area contributed by atoms with E-state index in [9.17, 15) is 0 Å². The van der Waals surface area contributed by atoms with Crippen LogP contribution in [0.2, 0.25) is 0 Å². The summed E-state index contributed by atoms with van der Waals surface area (Å²) in [6.07, 6.45) is 12.8. The van der Waals surface area contributed by atoms with Gasteiger partial charge in [-0.1, -0.05) is 135 Å². The molecule has 0 saturated heterocycles. The van der Waals surface area contributed by atoms with Gasteiger partial charge in [0.2, 0.25) is 0 Å². The van der Waals surface area contributed by atoms with Crippen LogP contribution in [0.25, 0.3) is 0 Å². The molecule has 60 heavy (non-hydrogen) atoms. The van der Waals surface area contributed by atoms with Crippen LogP contribution in [0.15, 0.2) is 254 Å². The van der Waals surface area contributed by atoms with Crippen LogP contribution in [-0.2, 0) is 0 Å². The maximum Gasteiger partial charge on any atom is 0.0583 e. The Hall–Kier alpha value is -7.30. The lowest BCUT2D eigenvalue weighted by Crippen LogP contribution is -2.41. The van der Waals surface area contributed by atoms with E-state index < -0.39 is 0 Å². The highest BCUT2D eigenvalue weighted by Gasteiger charge is 2.33. The van der Waals surface area contributed by atoms with Crippen LogP contribution in [-0.4, -0.2) is 6.04 Å². The Balaban J connectivity index is 1.12. The monoisotopic (exact) mass is 778 g/mol. The lowest BCUT2D eigenvalue weighted by molar-refractivity contribution is 0.539. The molecule has 9 rings (SSSR count). The molecule has 2 aliphatic rings. The number of hydrogen-bond acceptors (Lipinski definition) is 4. The molecule has 3 unspecified atom stereocenters. The quantitative estimate of drug-likeness (QED) is 0.122. The van der Waals surface area contributed by atoms with Crippen molar-refractivity contribution in [2.75, 3.05) is 19.6 Å². The van der Waals surface area contributed by atoms with Crippen LogP contribution in [0.1, 0.15) is 20.3 Å². The van der Waals surface area contributed by atoms with Gasteiger partial charge >= 0.3 is 0 Å². The van der Waals surface area contributed by atoms with Gasteiger partial charge in [-0.2, -0.15) is 0 Å². The Morgan fingerprint density at radius 3 is 1.15 bits per heavy atom. The third-order valence-electron chi connectivity index (χ3n) is 11.5. The third-order valence-corrected chi connectivity index (χ3v) is 11.5. The number of hydrogen-bond donors (Lipinski definition) is 0. The lowest BCUT2D eigenvalue weighted by atomic mass is 9.88. The molecular formula is C56H50N4. The molecule has 0 spiro atoms. The average molecular weight is 779 g/mol. The Labute approximate surface area is 355 Å². The van der Waals surface area contributed by atoms with Crippen molar-refractivity contribution in [1.82, 2.24) is 0 Å². The Bertz CT molecular complexity index is 2470. The van der Waals surface area contributed by atoms with Crippen molar-refractivity contribution < 1.29 is 0 Å². The van der Waals surface area contributed by atoms with Gasteiger partial charge in [-0.15, -0.1) is 0 Å². The average Bonchev–Trinajstić information content (AvgIpc) is 3.31. The fourth-order valence-electron chi connectivity index (χ4n) is 8.68. The minimum absolute atomic E-state index is 0.0790. The van der Waals surface area contributed by atoms with Crippen LogP contribution in [0.5, 0.6) is 0 Å². The molecule has 4 heteroatoms. The molecule has 0 fully saturated rings. The minimum Gasteiger partial charge on any atom is -0.337 e. The number of allylic oxidation sites excluding steroid dienone is 5. The molecule has 2 aliphatic carbocycles. The van der Waals surface area contributed by atoms with Crippen molar-refractivity contribution in [3.63, 3.8) is 0 Å². The summed E-state index contributed by atoms with van der Waals surface area (Å²) in [6, 6.07) is 73.3. The van der Waals surface area contributed by atoms with E-state index in [1.54, 1.807) is 0 Å². The van der Waals surface area contributed by atoms with Gasteiger partial charge < -0.3 is 19.6 Å². The van der Waals surface area contributed by atoms with Crippen LogP contribution < -0.4 is 19.6 Å². The largest absolute Gasteiger partial charge is 0.337 e. The molecule has 0 heterocycles. The topological polar surface area (TPSA) is 13.0 Å². The van der Waals surface area contributed by atoms with Crippen molar-refractivity contribution in [2.24, 2.45) is 11.8 Å². The van der Waals surface area contributed by atoms with Gasteiger partial charge in [-0.05, 0) is 122 Å². The summed E-state index contributed by atoms with van der Waals surface area (Å²) >= 11 is 0. The van der Waals surface area contributed by atoms with Gasteiger partial charge in [0.1, 0.15) is 0 Å². The molecule has 7 aromatic rings. The number of para-hydroxylation sites is 6. The van der Waals surface area contributed by atoms with Gasteiger partial charge in [-0.25, -0.2) is 0 Å². The van der Waals surface area contributed by atoms with Gasteiger partial charge in [0, 0.05) is 74.4 Å². The van der Waals surface area contributed by atoms with E-state index in [0.29, 0.717) is 0 Å². The summed E-state index contributed by atoms with van der Waals surface area (Å²) in [4.78, 5) is 9.69. The first-order chi connectivity index (χ1) is 29.6. The summed E-state index contributed by atoms with van der Waals surface area (Å²) in [5.74, 6) is 0.425. The molecule has 0 N–H and O–H groups in total. The predicted octanol–water partition coefficient (Wildman–Crippen LogP) is 14.9. The van der Waals surface area contributed by atoms with Crippen LogP contribution >= 0.6 is 0 Å². The maximum atomic E-state index is 2.59. The predicted molar refractivity (Wildman–Crippen MR) is 254 cm³/mol. The van der Waals surface area contributed by atoms with Gasteiger partial charge in [0.15, 0.2) is 0 Å². The van der Waals surface area contributed by atoms with Crippen molar-refractivity contribution in [1.29, 1.82) is 0 Å². The molecular weight excluding hydrogens is 729 g/mol. The first kappa shape index (κ1) is 38.2. The molecule has 0 radical (unpaired) electrons. The smallest absolute Gasteiger partial charge is 0.0583 e. The van der Waals surface area contributed by atoms with Crippen molar-refractivity contribution in [2.45, 2.75) is 26.3 Å². The first-order valence-corrected chi connectivity index (χ1v) is 21.0. The zero-order chi connectivity index (χ0) is 40.7. The van der Waals surface area contributed by atoms with Crippen molar-refractivity contribution in [3.8, 4) is 0 Å². The molecule has 294 valence electrons. The Morgan fingerprint density at radius 1 is 0.383 bits per heavy atom.